The molecule has 4 radical (unpaired) electrons. The number of hydrogen-bond donors (Lipinski definition) is 4. The fraction of sp³-hybridized carbons (Fsp3) is 0. The van der Waals surface area contributed by atoms with Gasteiger partial charge in [-0.15, -0.1) is 0 Å². The molecule has 0 aromatic heterocycles. The van der Waals surface area contributed by atoms with Crippen molar-refractivity contribution in [3.63, 3.8) is 0 Å². The van der Waals surface area contributed by atoms with Gasteiger partial charge in [-0.3, -0.25) is 0 Å². The van der Waals surface area contributed by atoms with Crippen molar-refractivity contribution in [2.24, 2.45) is 0 Å². The Balaban J connectivity index is -0.0000000800. The fourth-order valence-electron chi connectivity index (χ4n) is 0. The summed E-state index contributed by atoms with van der Waals surface area (Å²) in [5.74, 6) is 0. The van der Waals surface area contributed by atoms with Gasteiger partial charge in [0.2, 0.25) is 0 Å². The van der Waals surface area contributed by atoms with Crippen molar-refractivity contribution in [2.75, 3.05) is 0 Å². The molecule has 0 amide bonds. The summed E-state index contributed by atoms with van der Waals surface area (Å²) < 4.78 is 0. The van der Waals surface area contributed by atoms with Gasteiger partial charge in [-0.05, 0) is 0 Å². The Kier molecular flexibility index (Phi) is 17.4. The van der Waals surface area contributed by atoms with Crippen LogP contribution in [0.5, 0.6) is 0 Å². The maximum atomic E-state index is 7.33. The molecule has 0 aliphatic rings. The molecule has 0 aliphatic carbocycles. The van der Waals surface area contributed by atoms with Gasteiger partial charge in [-0.2, -0.15) is 0 Å². The van der Waals surface area contributed by atoms with Gasteiger partial charge in [0.1, 0.15) is 0 Å². The second-order valence-corrected chi connectivity index (χ2v) is 1.80. The van der Waals surface area contributed by atoms with E-state index in [0.29, 0.717) is 0 Å². The average molecular weight is 371 g/mol. The average Bonchev–Trinajstić information content (AvgIpc) is 0.722. The number of hydrogen-bond acceptors (Lipinski definition) is 4. The molecule has 0 saturated carbocycles. The minimum absolute atomic E-state index is 0. The Bertz CT molecular complexity index is 25.2. The first-order valence-corrected chi connectivity index (χ1v) is 2.68. The molecular weight excluding hydrogens is 367 g/mol. The molecule has 0 aliphatic heterocycles. The van der Waals surface area contributed by atoms with Crippen molar-refractivity contribution in [3.05, 3.63) is 0 Å². The molecule has 0 atom stereocenters. The summed E-state index contributed by atoms with van der Waals surface area (Å²) in [6, 6.07) is 0. The van der Waals surface area contributed by atoms with E-state index in [0.717, 1.165) is 0 Å². The molecule has 0 aromatic rings. The van der Waals surface area contributed by atoms with Crippen LogP contribution in [0.1, 0.15) is 0 Å². The van der Waals surface area contributed by atoms with Crippen molar-refractivity contribution >= 4 is 107 Å². The van der Waals surface area contributed by atoms with Crippen LogP contribution < -0.4 is 0 Å². The molecule has 0 saturated heterocycles. The van der Waals surface area contributed by atoms with Crippen molar-refractivity contribution in [2.45, 2.75) is 0 Å². The smallest absolute Gasteiger partial charge is 0.368 e. The van der Waals surface area contributed by atoms with Gasteiger partial charge in [0.05, 0.1) is 0 Å². The predicted molar refractivity (Wildman–Crippen MR) is 26.1 cm³/mol. The molecule has 0 fully saturated rings. The van der Waals surface area contributed by atoms with Crippen LogP contribution in [0.3, 0.4) is 0 Å². The van der Waals surface area contributed by atoms with Crippen LogP contribution >= 0.6 is 0 Å². The molecule has 7 heteroatoms. The molecule has 36 valence electrons. The Morgan fingerprint density at radius 2 is 0.714 bits per heavy atom. The van der Waals surface area contributed by atoms with E-state index in [9.17, 15) is 0 Å². The molecule has 0 spiro atoms. The van der Waals surface area contributed by atoms with Crippen molar-refractivity contribution in [1.82, 2.24) is 0 Å². The topological polar surface area (TPSA) is 80.9 Å². The molecular formula is H4Ba2O4Si. The molecule has 0 rings (SSSR count). The SMILES string of the molecule is O[Si](O)(O)O.[Ba].[Ba]. The van der Waals surface area contributed by atoms with E-state index >= 15 is 0 Å². The van der Waals surface area contributed by atoms with E-state index in [-0.39, 0.29) is 97.8 Å². The van der Waals surface area contributed by atoms with Crippen LogP contribution in [0, 0.1) is 0 Å². The van der Waals surface area contributed by atoms with E-state index in [1.165, 1.54) is 0 Å². The first-order chi connectivity index (χ1) is 2.00. The van der Waals surface area contributed by atoms with Crippen LogP contribution in [0.2, 0.25) is 0 Å². The van der Waals surface area contributed by atoms with E-state index in [4.69, 9.17) is 19.2 Å². The van der Waals surface area contributed by atoms with Gasteiger partial charge in [-0.1, -0.05) is 0 Å². The second kappa shape index (κ2) is 7.31. The number of rotatable bonds is 0. The summed E-state index contributed by atoms with van der Waals surface area (Å²) in [4.78, 5) is 29.3. The first kappa shape index (κ1) is 16.7. The van der Waals surface area contributed by atoms with Crippen molar-refractivity contribution in [3.8, 4) is 0 Å². The summed E-state index contributed by atoms with van der Waals surface area (Å²) in [5.41, 5.74) is 0. The van der Waals surface area contributed by atoms with E-state index in [1.54, 1.807) is 0 Å². The maximum Gasteiger partial charge on any atom is 0.668 e. The van der Waals surface area contributed by atoms with E-state index < -0.39 is 9.05 Å². The zero-order valence-corrected chi connectivity index (χ0v) is 13.6. The van der Waals surface area contributed by atoms with Crippen LogP contribution in [0.4, 0.5) is 0 Å². The molecule has 0 aromatic carbocycles. The van der Waals surface area contributed by atoms with Gasteiger partial charge < -0.3 is 19.2 Å². The molecule has 4 nitrogen and oxygen atoms in total. The standard InChI is InChI=1S/2Ba.H4O4Si/c;;1-5(2,3)4/h;;1-4H. The third-order valence-electron chi connectivity index (χ3n) is 0. The van der Waals surface area contributed by atoms with Gasteiger partial charge in [-0.25, -0.2) is 0 Å². The minimum atomic E-state index is -4.61. The summed E-state index contributed by atoms with van der Waals surface area (Å²) in [7, 11) is -4.61. The quantitative estimate of drug-likeness (QED) is 0.336. The first-order valence-electron chi connectivity index (χ1n) is 0.894. The van der Waals surface area contributed by atoms with Crippen LogP contribution in [-0.4, -0.2) is 126 Å². The van der Waals surface area contributed by atoms with Gasteiger partial charge >= 0.3 is 9.05 Å². The van der Waals surface area contributed by atoms with Crippen LogP contribution in [-0.2, 0) is 0 Å². The Hall–Kier alpha value is 3.20. The van der Waals surface area contributed by atoms with Crippen LogP contribution in [0.25, 0.3) is 0 Å². The molecule has 0 bridgehead atoms. The summed E-state index contributed by atoms with van der Waals surface area (Å²) in [5, 5.41) is 0. The third kappa shape index (κ3) is 46.6. The van der Waals surface area contributed by atoms with E-state index in [2.05, 4.69) is 0 Å². The predicted octanol–water partition coefficient (Wildman–Crippen LogP) is -3.37. The zero-order chi connectivity index (χ0) is 4.50. The Morgan fingerprint density at radius 3 is 0.714 bits per heavy atom. The molecule has 0 heterocycles. The van der Waals surface area contributed by atoms with Crippen LogP contribution in [0.15, 0.2) is 0 Å². The molecule has 4 N–H and O–H groups in total. The van der Waals surface area contributed by atoms with Crippen molar-refractivity contribution < 1.29 is 19.2 Å². The molecule has 0 unspecified atom stereocenters. The third-order valence-corrected chi connectivity index (χ3v) is 0. The Morgan fingerprint density at radius 1 is 0.714 bits per heavy atom. The van der Waals surface area contributed by atoms with Gasteiger partial charge in [0.15, 0.2) is 0 Å². The largest absolute Gasteiger partial charge is 0.668 e. The van der Waals surface area contributed by atoms with E-state index in [1.807, 2.05) is 0 Å². The van der Waals surface area contributed by atoms with Gasteiger partial charge in [0, 0.05) is 97.8 Å². The molecule has 7 heavy (non-hydrogen) atoms. The maximum absolute atomic E-state index is 7.33. The summed E-state index contributed by atoms with van der Waals surface area (Å²) in [6.07, 6.45) is 0. The van der Waals surface area contributed by atoms with Gasteiger partial charge in [0.25, 0.3) is 0 Å². The Labute approximate surface area is 123 Å². The zero-order valence-electron chi connectivity index (χ0n) is 3.70. The monoisotopic (exact) mass is 372 g/mol. The minimum Gasteiger partial charge on any atom is -0.368 e. The summed E-state index contributed by atoms with van der Waals surface area (Å²) >= 11 is 0. The summed E-state index contributed by atoms with van der Waals surface area (Å²) in [6.45, 7) is 0. The fourth-order valence-corrected chi connectivity index (χ4v) is 0. The second-order valence-electron chi connectivity index (χ2n) is 0.600. The van der Waals surface area contributed by atoms with Crippen molar-refractivity contribution in [1.29, 1.82) is 0 Å². The normalized spacial score (nSPS) is 8.57.